The highest BCUT2D eigenvalue weighted by Gasteiger charge is 1.93. The average Bonchev–Trinajstić information content (AvgIpc) is 2.18. The van der Waals surface area contributed by atoms with Crippen LogP contribution in [0.5, 0.6) is 0 Å². The van der Waals surface area contributed by atoms with E-state index in [4.69, 9.17) is 0 Å². The first-order valence-electron chi connectivity index (χ1n) is 5.35. The molecule has 0 aliphatic rings. The third-order valence-electron chi connectivity index (χ3n) is 2.14. The molecule has 0 amide bonds. The van der Waals surface area contributed by atoms with E-state index < -0.39 is 0 Å². The lowest BCUT2D eigenvalue weighted by Crippen LogP contribution is -2.03. The van der Waals surface area contributed by atoms with Gasteiger partial charge in [-0.25, -0.2) is 9.97 Å². The maximum Gasteiger partial charge on any atom is 0.129 e. The summed E-state index contributed by atoms with van der Waals surface area (Å²) in [6.07, 6.45) is 6.73. The van der Waals surface area contributed by atoms with Gasteiger partial charge in [-0.2, -0.15) is 0 Å². The van der Waals surface area contributed by atoms with Crippen molar-refractivity contribution in [1.29, 1.82) is 0 Å². The van der Waals surface area contributed by atoms with E-state index >= 15 is 0 Å². The van der Waals surface area contributed by atoms with E-state index in [2.05, 4.69) is 22.2 Å². The maximum absolute atomic E-state index is 4.14. The highest BCUT2D eigenvalue weighted by Crippen LogP contribution is 2.04. The van der Waals surface area contributed by atoms with Gasteiger partial charge in [-0.15, -0.1) is 0 Å². The zero-order chi connectivity index (χ0) is 10.2. The van der Waals surface area contributed by atoms with Gasteiger partial charge in [-0.05, 0) is 13.3 Å². The molecule has 0 aromatic carbocycles. The Hall–Kier alpha value is -1.12. The van der Waals surface area contributed by atoms with Gasteiger partial charge in [-0.3, -0.25) is 0 Å². The fraction of sp³-hybridized carbons (Fsp3) is 0.636. The van der Waals surface area contributed by atoms with Crippen LogP contribution in [0.4, 0.5) is 5.82 Å². The molecule has 0 spiro atoms. The van der Waals surface area contributed by atoms with Crippen molar-refractivity contribution in [2.24, 2.45) is 0 Å². The fourth-order valence-corrected chi connectivity index (χ4v) is 1.32. The molecule has 0 aliphatic heterocycles. The first-order chi connectivity index (χ1) is 6.83. The number of anilines is 1. The minimum Gasteiger partial charge on any atom is -0.370 e. The van der Waals surface area contributed by atoms with Crippen molar-refractivity contribution in [2.75, 3.05) is 11.9 Å². The van der Waals surface area contributed by atoms with E-state index in [1.807, 2.05) is 13.0 Å². The van der Waals surface area contributed by atoms with E-state index in [1.54, 1.807) is 6.33 Å². The number of nitrogens with zero attached hydrogens (tertiary/aromatic N) is 2. The number of unbranched alkanes of at least 4 members (excludes halogenated alkanes) is 3. The molecule has 1 aromatic heterocycles. The molecule has 0 radical (unpaired) electrons. The van der Waals surface area contributed by atoms with Crippen LogP contribution in [0.25, 0.3) is 0 Å². The summed E-state index contributed by atoms with van der Waals surface area (Å²) in [7, 11) is 0. The number of nitrogens with one attached hydrogen (secondary N) is 1. The van der Waals surface area contributed by atoms with Crippen molar-refractivity contribution in [2.45, 2.75) is 39.5 Å². The van der Waals surface area contributed by atoms with Crippen molar-refractivity contribution in [3.8, 4) is 0 Å². The number of aryl methyl sites for hydroxylation is 1. The van der Waals surface area contributed by atoms with Gasteiger partial charge in [0, 0.05) is 18.3 Å². The van der Waals surface area contributed by atoms with Crippen molar-refractivity contribution in [3.05, 3.63) is 18.1 Å². The van der Waals surface area contributed by atoms with Crippen LogP contribution < -0.4 is 5.32 Å². The van der Waals surface area contributed by atoms with E-state index in [0.717, 1.165) is 18.1 Å². The molecule has 78 valence electrons. The summed E-state index contributed by atoms with van der Waals surface area (Å²) in [4.78, 5) is 8.18. The van der Waals surface area contributed by atoms with Gasteiger partial charge in [0.05, 0.1) is 0 Å². The van der Waals surface area contributed by atoms with Crippen LogP contribution in [0.15, 0.2) is 12.4 Å². The molecule has 1 N–H and O–H groups in total. The molecule has 3 heteroatoms. The van der Waals surface area contributed by atoms with Crippen LogP contribution in [0, 0.1) is 6.92 Å². The van der Waals surface area contributed by atoms with Gasteiger partial charge in [0.25, 0.3) is 0 Å². The number of hydrogen-bond donors (Lipinski definition) is 1. The Bertz CT molecular complexity index is 260. The van der Waals surface area contributed by atoms with Gasteiger partial charge in [-0.1, -0.05) is 26.2 Å². The topological polar surface area (TPSA) is 37.8 Å². The van der Waals surface area contributed by atoms with E-state index in [1.165, 1.54) is 25.7 Å². The van der Waals surface area contributed by atoms with Crippen LogP contribution in [-0.2, 0) is 0 Å². The highest BCUT2D eigenvalue weighted by molar-refractivity contribution is 5.33. The second kappa shape index (κ2) is 6.35. The minimum atomic E-state index is 0.939. The molecular weight excluding hydrogens is 174 g/mol. The average molecular weight is 193 g/mol. The van der Waals surface area contributed by atoms with Gasteiger partial charge < -0.3 is 5.32 Å². The van der Waals surface area contributed by atoms with Crippen molar-refractivity contribution < 1.29 is 0 Å². The van der Waals surface area contributed by atoms with Crippen LogP contribution in [0.1, 0.15) is 38.3 Å². The quantitative estimate of drug-likeness (QED) is 0.706. The number of hydrogen-bond acceptors (Lipinski definition) is 3. The molecular formula is C11H19N3. The summed E-state index contributed by atoms with van der Waals surface area (Å²) in [5, 5.41) is 3.29. The summed E-state index contributed by atoms with van der Waals surface area (Å²) in [5.74, 6) is 0.939. The molecule has 0 unspecified atom stereocenters. The molecule has 0 bridgehead atoms. The Labute approximate surface area is 86.0 Å². The smallest absolute Gasteiger partial charge is 0.129 e. The molecule has 1 rings (SSSR count). The Morgan fingerprint density at radius 2 is 2.07 bits per heavy atom. The normalized spacial score (nSPS) is 10.1. The Morgan fingerprint density at radius 1 is 1.21 bits per heavy atom. The second-order valence-corrected chi connectivity index (χ2v) is 3.53. The van der Waals surface area contributed by atoms with Crippen LogP contribution in [0.3, 0.4) is 0 Å². The third-order valence-corrected chi connectivity index (χ3v) is 2.14. The summed E-state index contributed by atoms with van der Waals surface area (Å²) in [5.41, 5.74) is 1.01. The van der Waals surface area contributed by atoms with Crippen LogP contribution >= 0.6 is 0 Å². The molecule has 0 atom stereocenters. The molecule has 0 aliphatic carbocycles. The van der Waals surface area contributed by atoms with E-state index in [0.29, 0.717) is 0 Å². The van der Waals surface area contributed by atoms with Gasteiger partial charge in [0.2, 0.25) is 0 Å². The molecule has 0 saturated carbocycles. The van der Waals surface area contributed by atoms with Crippen LogP contribution in [0.2, 0.25) is 0 Å². The molecule has 1 heterocycles. The molecule has 0 saturated heterocycles. The molecule has 14 heavy (non-hydrogen) atoms. The second-order valence-electron chi connectivity index (χ2n) is 3.53. The summed E-state index contributed by atoms with van der Waals surface area (Å²) >= 11 is 0. The number of aromatic nitrogens is 2. The Morgan fingerprint density at radius 3 is 2.79 bits per heavy atom. The predicted octanol–water partition coefficient (Wildman–Crippen LogP) is 2.78. The van der Waals surface area contributed by atoms with Crippen molar-refractivity contribution >= 4 is 5.82 Å². The summed E-state index contributed by atoms with van der Waals surface area (Å²) in [6.45, 7) is 5.21. The molecule has 1 aromatic rings. The van der Waals surface area contributed by atoms with Crippen LogP contribution in [-0.4, -0.2) is 16.5 Å². The zero-order valence-electron chi connectivity index (χ0n) is 9.08. The lowest BCUT2D eigenvalue weighted by Gasteiger charge is -2.04. The van der Waals surface area contributed by atoms with E-state index in [-0.39, 0.29) is 0 Å². The first kappa shape index (κ1) is 11.0. The third kappa shape index (κ3) is 4.21. The lowest BCUT2D eigenvalue weighted by atomic mass is 10.2. The van der Waals surface area contributed by atoms with Gasteiger partial charge >= 0.3 is 0 Å². The fourth-order valence-electron chi connectivity index (χ4n) is 1.32. The number of rotatable bonds is 6. The standard InChI is InChI=1S/C11H19N3/c1-3-4-5-6-7-12-11-8-10(2)13-9-14-11/h8-9H,3-7H2,1-2H3,(H,12,13,14). The summed E-state index contributed by atoms with van der Waals surface area (Å²) < 4.78 is 0. The van der Waals surface area contributed by atoms with Crippen molar-refractivity contribution in [1.82, 2.24) is 9.97 Å². The van der Waals surface area contributed by atoms with Crippen molar-refractivity contribution in [3.63, 3.8) is 0 Å². The largest absolute Gasteiger partial charge is 0.370 e. The first-order valence-corrected chi connectivity index (χ1v) is 5.35. The predicted molar refractivity (Wildman–Crippen MR) is 59.4 cm³/mol. The molecule has 3 nitrogen and oxygen atoms in total. The SMILES string of the molecule is CCCCCCNc1cc(C)ncn1. The zero-order valence-corrected chi connectivity index (χ0v) is 9.08. The monoisotopic (exact) mass is 193 g/mol. The highest BCUT2D eigenvalue weighted by atomic mass is 15.0. The Balaban J connectivity index is 2.18. The van der Waals surface area contributed by atoms with E-state index in [9.17, 15) is 0 Å². The lowest BCUT2D eigenvalue weighted by molar-refractivity contribution is 0.684. The van der Waals surface area contributed by atoms with Gasteiger partial charge in [0.1, 0.15) is 12.1 Å². The maximum atomic E-state index is 4.14. The summed E-state index contributed by atoms with van der Waals surface area (Å²) in [6, 6.07) is 1.97. The Kier molecular flexibility index (Phi) is 4.97. The van der Waals surface area contributed by atoms with Gasteiger partial charge in [0.15, 0.2) is 0 Å². The molecule has 0 fully saturated rings. The minimum absolute atomic E-state index is 0.939.